The molecular weight excluding hydrogens is 204 g/mol. The standard InChI is InChI=1S/C12H24N2O2/c1-9(2)14-7-5-11(6-8-14)13-10(3)12(15)16-4/h9-11,13H,5-8H2,1-4H3. The van der Waals surface area contributed by atoms with Gasteiger partial charge in [-0.05, 0) is 46.7 Å². The second-order valence-corrected chi connectivity index (χ2v) is 4.82. The van der Waals surface area contributed by atoms with E-state index in [9.17, 15) is 4.79 Å². The average Bonchev–Trinajstić information content (AvgIpc) is 2.28. The van der Waals surface area contributed by atoms with E-state index in [0.29, 0.717) is 12.1 Å². The molecule has 0 aromatic heterocycles. The van der Waals surface area contributed by atoms with Gasteiger partial charge in [-0.1, -0.05) is 0 Å². The minimum atomic E-state index is -0.194. The van der Waals surface area contributed by atoms with Crippen LogP contribution in [0.3, 0.4) is 0 Å². The summed E-state index contributed by atoms with van der Waals surface area (Å²) in [6.07, 6.45) is 2.22. The molecule has 0 radical (unpaired) electrons. The highest BCUT2D eigenvalue weighted by Crippen LogP contribution is 2.13. The van der Waals surface area contributed by atoms with E-state index in [2.05, 4.69) is 24.1 Å². The average molecular weight is 228 g/mol. The van der Waals surface area contributed by atoms with Gasteiger partial charge in [0.2, 0.25) is 0 Å². The van der Waals surface area contributed by atoms with Crippen molar-refractivity contribution in [3.05, 3.63) is 0 Å². The molecule has 1 unspecified atom stereocenters. The minimum absolute atomic E-state index is 0.175. The van der Waals surface area contributed by atoms with Gasteiger partial charge < -0.3 is 15.0 Å². The SMILES string of the molecule is COC(=O)C(C)NC1CCN(C(C)C)CC1. The normalized spacial score (nSPS) is 21.1. The van der Waals surface area contributed by atoms with Gasteiger partial charge in [-0.25, -0.2) is 0 Å². The van der Waals surface area contributed by atoms with E-state index in [0.717, 1.165) is 25.9 Å². The smallest absolute Gasteiger partial charge is 0.322 e. The van der Waals surface area contributed by atoms with Crippen LogP contribution in [0, 0.1) is 0 Å². The van der Waals surface area contributed by atoms with Crippen molar-refractivity contribution in [1.29, 1.82) is 0 Å². The zero-order valence-electron chi connectivity index (χ0n) is 10.8. The summed E-state index contributed by atoms with van der Waals surface area (Å²) in [7, 11) is 1.43. The van der Waals surface area contributed by atoms with Crippen LogP contribution in [0.15, 0.2) is 0 Å². The Morgan fingerprint density at radius 2 is 1.88 bits per heavy atom. The molecule has 1 aliphatic heterocycles. The maximum absolute atomic E-state index is 11.3. The molecule has 0 aromatic rings. The van der Waals surface area contributed by atoms with Gasteiger partial charge in [-0.3, -0.25) is 4.79 Å². The number of nitrogens with zero attached hydrogens (tertiary/aromatic N) is 1. The van der Waals surface area contributed by atoms with E-state index in [1.54, 1.807) is 0 Å². The molecule has 0 saturated carbocycles. The van der Waals surface area contributed by atoms with Crippen molar-refractivity contribution < 1.29 is 9.53 Å². The van der Waals surface area contributed by atoms with Crippen molar-refractivity contribution in [1.82, 2.24) is 10.2 Å². The zero-order chi connectivity index (χ0) is 12.1. The lowest BCUT2D eigenvalue weighted by molar-refractivity contribution is -0.142. The van der Waals surface area contributed by atoms with Crippen LogP contribution < -0.4 is 5.32 Å². The van der Waals surface area contributed by atoms with Crippen molar-refractivity contribution in [2.45, 2.75) is 51.7 Å². The highest BCUT2D eigenvalue weighted by molar-refractivity contribution is 5.75. The van der Waals surface area contributed by atoms with Gasteiger partial charge in [0.15, 0.2) is 0 Å². The van der Waals surface area contributed by atoms with Crippen LogP contribution in [0.1, 0.15) is 33.6 Å². The molecule has 94 valence electrons. The molecular formula is C12H24N2O2. The first kappa shape index (κ1) is 13.5. The third-order valence-corrected chi connectivity index (χ3v) is 3.30. The summed E-state index contributed by atoms with van der Waals surface area (Å²) in [5.74, 6) is -0.175. The number of carbonyl (C=O) groups is 1. The molecule has 1 atom stereocenters. The number of likely N-dealkylation sites (tertiary alicyclic amines) is 1. The first-order valence-electron chi connectivity index (χ1n) is 6.12. The van der Waals surface area contributed by atoms with E-state index in [4.69, 9.17) is 4.74 Å². The van der Waals surface area contributed by atoms with E-state index >= 15 is 0 Å². The largest absolute Gasteiger partial charge is 0.468 e. The molecule has 4 heteroatoms. The summed E-state index contributed by atoms with van der Waals surface area (Å²) >= 11 is 0. The van der Waals surface area contributed by atoms with Crippen molar-refractivity contribution in [3.63, 3.8) is 0 Å². The highest BCUT2D eigenvalue weighted by Gasteiger charge is 2.23. The second kappa shape index (κ2) is 6.21. The molecule has 1 saturated heterocycles. The molecule has 0 aromatic carbocycles. The summed E-state index contributed by atoms with van der Waals surface area (Å²) in [5, 5.41) is 3.33. The molecule has 1 rings (SSSR count). The van der Waals surface area contributed by atoms with Crippen LogP contribution in [0.4, 0.5) is 0 Å². The number of rotatable bonds is 4. The van der Waals surface area contributed by atoms with Crippen molar-refractivity contribution in [2.24, 2.45) is 0 Å². The maximum Gasteiger partial charge on any atom is 0.322 e. The van der Waals surface area contributed by atoms with Gasteiger partial charge in [-0.15, -0.1) is 0 Å². The van der Waals surface area contributed by atoms with Gasteiger partial charge in [0, 0.05) is 12.1 Å². The molecule has 4 nitrogen and oxygen atoms in total. The summed E-state index contributed by atoms with van der Waals surface area (Å²) in [6, 6.07) is 0.878. The fourth-order valence-corrected chi connectivity index (χ4v) is 2.18. The number of ether oxygens (including phenoxy) is 1. The summed E-state index contributed by atoms with van der Waals surface area (Å²) in [5.41, 5.74) is 0. The van der Waals surface area contributed by atoms with Crippen molar-refractivity contribution >= 4 is 5.97 Å². The van der Waals surface area contributed by atoms with Crippen LogP contribution in [0.2, 0.25) is 0 Å². The number of piperidine rings is 1. The quantitative estimate of drug-likeness (QED) is 0.729. The highest BCUT2D eigenvalue weighted by atomic mass is 16.5. The lowest BCUT2D eigenvalue weighted by Crippen LogP contribution is -2.49. The van der Waals surface area contributed by atoms with Crippen LogP contribution in [0.25, 0.3) is 0 Å². The van der Waals surface area contributed by atoms with Gasteiger partial charge in [0.1, 0.15) is 6.04 Å². The van der Waals surface area contributed by atoms with E-state index in [1.807, 2.05) is 6.92 Å². The Labute approximate surface area is 98.3 Å². The van der Waals surface area contributed by atoms with E-state index in [-0.39, 0.29) is 12.0 Å². The number of esters is 1. The number of hydrogen-bond donors (Lipinski definition) is 1. The molecule has 1 fully saturated rings. The number of nitrogens with one attached hydrogen (secondary N) is 1. The van der Waals surface area contributed by atoms with Gasteiger partial charge in [0.05, 0.1) is 7.11 Å². The molecule has 0 amide bonds. The van der Waals surface area contributed by atoms with E-state index < -0.39 is 0 Å². The monoisotopic (exact) mass is 228 g/mol. The van der Waals surface area contributed by atoms with Crippen LogP contribution >= 0.6 is 0 Å². The van der Waals surface area contributed by atoms with Gasteiger partial charge in [0.25, 0.3) is 0 Å². The topological polar surface area (TPSA) is 41.6 Å². The lowest BCUT2D eigenvalue weighted by atomic mass is 10.0. The van der Waals surface area contributed by atoms with Crippen molar-refractivity contribution in [2.75, 3.05) is 20.2 Å². The first-order chi connectivity index (χ1) is 7.54. The van der Waals surface area contributed by atoms with Crippen LogP contribution in [-0.2, 0) is 9.53 Å². The number of methoxy groups -OCH3 is 1. The molecule has 1 N–H and O–H groups in total. The van der Waals surface area contributed by atoms with E-state index in [1.165, 1.54) is 7.11 Å². The molecule has 0 bridgehead atoms. The van der Waals surface area contributed by atoms with Crippen molar-refractivity contribution in [3.8, 4) is 0 Å². The number of hydrogen-bond acceptors (Lipinski definition) is 4. The molecule has 16 heavy (non-hydrogen) atoms. The summed E-state index contributed by atoms with van der Waals surface area (Å²) in [4.78, 5) is 13.7. The third kappa shape index (κ3) is 3.76. The summed E-state index contributed by atoms with van der Waals surface area (Å²) in [6.45, 7) is 8.54. The molecule has 1 aliphatic rings. The molecule has 0 spiro atoms. The Morgan fingerprint density at radius 1 is 1.31 bits per heavy atom. The Morgan fingerprint density at radius 3 is 2.31 bits per heavy atom. The predicted molar refractivity (Wildman–Crippen MR) is 64.3 cm³/mol. The predicted octanol–water partition coefficient (Wildman–Crippen LogP) is 1.01. The van der Waals surface area contributed by atoms with Gasteiger partial charge >= 0.3 is 5.97 Å². The third-order valence-electron chi connectivity index (χ3n) is 3.30. The number of carbonyl (C=O) groups excluding carboxylic acids is 1. The van der Waals surface area contributed by atoms with Crippen LogP contribution in [-0.4, -0.2) is 49.2 Å². The fourth-order valence-electron chi connectivity index (χ4n) is 2.18. The zero-order valence-corrected chi connectivity index (χ0v) is 10.8. The minimum Gasteiger partial charge on any atom is -0.468 e. The lowest BCUT2D eigenvalue weighted by Gasteiger charge is -2.35. The Kier molecular flexibility index (Phi) is 5.22. The molecule has 0 aliphatic carbocycles. The summed E-state index contributed by atoms with van der Waals surface area (Å²) < 4.78 is 4.70. The maximum atomic E-state index is 11.3. The van der Waals surface area contributed by atoms with Gasteiger partial charge in [-0.2, -0.15) is 0 Å². The Hall–Kier alpha value is -0.610. The Bertz CT molecular complexity index is 223. The van der Waals surface area contributed by atoms with Crippen LogP contribution in [0.5, 0.6) is 0 Å². The fraction of sp³-hybridized carbons (Fsp3) is 0.917. The first-order valence-corrected chi connectivity index (χ1v) is 6.12. The Balaban J connectivity index is 2.29. The second-order valence-electron chi connectivity index (χ2n) is 4.82. The molecule has 1 heterocycles.